The molecule has 0 spiro atoms. The van der Waals surface area contributed by atoms with E-state index in [4.69, 9.17) is 5.10 Å². The molecule has 3 aromatic rings. The number of nitrogens with one attached hydrogen (secondary N) is 2. The molecule has 0 bridgehead atoms. The Labute approximate surface area is 194 Å². The van der Waals surface area contributed by atoms with Crippen molar-refractivity contribution in [3.05, 3.63) is 47.7 Å². The summed E-state index contributed by atoms with van der Waals surface area (Å²) in [6.07, 6.45) is 3.72. The molecule has 2 amide bonds. The van der Waals surface area contributed by atoms with Crippen LogP contribution in [-0.4, -0.2) is 41.7 Å². The number of fused-ring (bicyclic) bond motifs is 1. The second kappa shape index (κ2) is 8.54. The van der Waals surface area contributed by atoms with E-state index in [1.165, 1.54) is 0 Å². The highest BCUT2D eigenvalue weighted by Crippen LogP contribution is 2.46. The molecule has 1 saturated heterocycles. The van der Waals surface area contributed by atoms with E-state index < -0.39 is 0 Å². The van der Waals surface area contributed by atoms with Crippen molar-refractivity contribution < 1.29 is 9.59 Å². The fourth-order valence-electron chi connectivity index (χ4n) is 4.56. The SMILES string of the molecule is CNC(=O)c1c2cc(C3CC3)c(N3CCCC3=O)cc2nn1-c1ccc(NCC(C)C)cc1. The molecule has 172 valence electrons. The van der Waals surface area contributed by atoms with Crippen LogP contribution in [0.3, 0.4) is 0 Å². The Morgan fingerprint density at radius 1 is 1.18 bits per heavy atom. The van der Waals surface area contributed by atoms with Gasteiger partial charge in [-0.15, -0.1) is 0 Å². The van der Waals surface area contributed by atoms with Gasteiger partial charge in [0.15, 0.2) is 0 Å². The highest BCUT2D eigenvalue weighted by atomic mass is 16.2. The number of aromatic nitrogens is 2. The molecule has 0 unspecified atom stereocenters. The summed E-state index contributed by atoms with van der Waals surface area (Å²) in [5.74, 6) is 1.00. The van der Waals surface area contributed by atoms with E-state index >= 15 is 0 Å². The lowest BCUT2D eigenvalue weighted by Crippen LogP contribution is -2.25. The lowest BCUT2D eigenvalue weighted by atomic mass is 10.0. The van der Waals surface area contributed by atoms with Crippen molar-refractivity contribution >= 4 is 34.1 Å². The minimum absolute atomic E-state index is 0.173. The Kier molecular flexibility index (Phi) is 5.56. The summed E-state index contributed by atoms with van der Waals surface area (Å²) >= 11 is 0. The molecule has 2 aromatic carbocycles. The van der Waals surface area contributed by atoms with E-state index in [1.807, 2.05) is 35.2 Å². The van der Waals surface area contributed by atoms with Crippen molar-refractivity contribution in [1.82, 2.24) is 15.1 Å². The van der Waals surface area contributed by atoms with Crippen molar-refractivity contribution in [2.45, 2.75) is 45.4 Å². The average molecular weight is 446 g/mol. The molecule has 1 aromatic heterocycles. The van der Waals surface area contributed by atoms with E-state index in [1.54, 1.807) is 11.7 Å². The smallest absolute Gasteiger partial charge is 0.270 e. The van der Waals surface area contributed by atoms with Gasteiger partial charge in [0, 0.05) is 43.3 Å². The van der Waals surface area contributed by atoms with E-state index in [2.05, 4.69) is 30.5 Å². The first-order valence-electron chi connectivity index (χ1n) is 11.9. The van der Waals surface area contributed by atoms with Gasteiger partial charge < -0.3 is 15.5 Å². The van der Waals surface area contributed by atoms with Crippen LogP contribution in [0.2, 0.25) is 0 Å². The first-order valence-corrected chi connectivity index (χ1v) is 11.9. The summed E-state index contributed by atoms with van der Waals surface area (Å²) < 4.78 is 1.72. The van der Waals surface area contributed by atoms with Crippen molar-refractivity contribution in [1.29, 1.82) is 0 Å². The first-order chi connectivity index (χ1) is 16.0. The predicted octanol–water partition coefficient (Wildman–Crippen LogP) is 4.46. The monoisotopic (exact) mass is 445 g/mol. The first kappa shape index (κ1) is 21.5. The Hall–Kier alpha value is -3.35. The topological polar surface area (TPSA) is 79.3 Å². The van der Waals surface area contributed by atoms with Gasteiger partial charge in [0.2, 0.25) is 5.91 Å². The maximum atomic E-state index is 13.0. The maximum Gasteiger partial charge on any atom is 0.270 e. The maximum absolute atomic E-state index is 13.0. The van der Waals surface area contributed by atoms with Crippen LogP contribution < -0.4 is 15.5 Å². The Morgan fingerprint density at radius 3 is 2.55 bits per heavy atom. The largest absolute Gasteiger partial charge is 0.385 e. The summed E-state index contributed by atoms with van der Waals surface area (Å²) in [6, 6.07) is 12.1. The number of hydrogen-bond acceptors (Lipinski definition) is 4. The zero-order valence-electron chi connectivity index (χ0n) is 19.5. The lowest BCUT2D eigenvalue weighted by Gasteiger charge is -2.20. The second-order valence-corrected chi connectivity index (χ2v) is 9.51. The van der Waals surface area contributed by atoms with E-state index in [-0.39, 0.29) is 11.8 Å². The molecule has 2 aliphatic rings. The van der Waals surface area contributed by atoms with Gasteiger partial charge >= 0.3 is 0 Å². The van der Waals surface area contributed by atoms with Crippen LogP contribution in [0.25, 0.3) is 16.6 Å². The summed E-state index contributed by atoms with van der Waals surface area (Å²) in [6.45, 7) is 5.99. The summed E-state index contributed by atoms with van der Waals surface area (Å²) in [4.78, 5) is 27.4. The Morgan fingerprint density at radius 2 is 1.94 bits per heavy atom. The Balaban J connectivity index is 1.61. The molecule has 2 N–H and O–H groups in total. The van der Waals surface area contributed by atoms with E-state index in [0.717, 1.165) is 65.9 Å². The molecule has 0 atom stereocenters. The molecule has 1 saturated carbocycles. The van der Waals surface area contributed by atoms with Crippen LogP contribution in [-0.2, 0) is 4.79 Å². The van der Waals surface area contributed by atoms with Gasteiger partial charge in [0.1, 0.15) is 5.69 Å². The molecule has 5 rings (SSSR count). The highest BCUT2D eigenvalue weighted by Gasteiger charge is 2.33. The van der Waals surface area contributed by atoms with Crippen LogP contribution in [0.15, 0.2) is 36.4 Å². The number of hydrogen-bond donors (Lipinski definition) is 2. The molecule has 2 heterocycles. The summed E-state index contributed by atoms with van der Waals surface area (Å²) in [5, 5.41) is 11.9. The zero-order valence-corrected chi connectivity index (χ0v) is 19.5. The van der Waals surface area contributed by atoms with Crippen LogP contribution in [0, 0.1) is 5.92 Å². The van der Waals surface area contributed by atoms with Gasteiger partial charge in [-0.05, 0) is 73.1 Å². The normalized spacial score (nSPS) is 16.1. The molecular weight excluding hydrogens is 414 g/mol. The van der Waals surface area contributed by atoms with Crippen LogP contribution >= 0.6 is 0 Å². The zero-order chi connectivity index (χ0) is 23.1. The van der Waals surface area contributed by atoms with Gasteiger partial charge in [-0.25, -0.2) is 4.68 Å². The number of carbonyl (C=O) groups is 2. The third-order valence-corrected chi connectivity index (χ3v) is 6.47. The number of benzene rings is 2. The third-order valence-electron chi connectivity index (χ3n) is 6.47. The van der Waals surface area contributed by atoms with Gasteiger partial charge in [-0.3, -0.25) is 9.59 Å². The van der Waals surface area contributed by atoms with Gasteiger partial charge in [0.05, 0.1) is 11.2 Å². The molecule has 0 radical (unpaired) electrons. The van der Waals surface area contributed by atoms with Crippen molar-refractivity contribution in [3.63, 3.8) is 0 Å². The number of nitrogens with zero attached hydrogens (tertiary/aromatic N) is 3. The summed E-state index contributed by atoms with van der Waals surface area (Å²) in [5.41, 5.74) is 5.25. The minimum atomic E-state index is -0.175. The molecule has 1 aliphatic carbocycles. The predicted molar refractivity (Wildman–Crippen MR) is 131 cm³/mol. The van der Waals surface area contributed by atoms with Crippen LogP contribution in [0.1, 0.15) is 61.5 Å². The molecule has 33 heavy (non-hydrogen) atoms. The standard InChI is InChI=1S/C26H31N5O2/c1-16(2)15-28-18-8-10-19(11-9-18)31-25(26(33)27-3)21-13-20(17-6-7-17)23(14-22(21)29-31)30-12-4-5-24(30)32/h8-11,13-14,16-17,28H,4-7,12,15H2,1-3H3,(H,27,33). The number of anilines is 2. The molecule has 2 fully saturated rings. The lowest BCUT2D eigenvalue weighted by molar-refractivity contribution is -0.117. The van der Waals surface area contributed by atoms with E-state index in [0.29, 0.717) is 24.0 Å². The number of amides is 2. The van der Waals surface area contributed by atoms with Crippen LogP contribution in [0.4, 0.5) is 11.4 Å². The molecule has 7 nitrogen and oxygen atoms in total. The Bertz CT molecular complexity index is 1210. The number of carbonyl (C=O) groups excluding carboxylic acids is 2. The minimum Gasteiger partial charge on any atom is -0.385 e. The quantitative estimate of drug-likeness (QED) is 0.563. The fraction of sp³-hybridized carbons (Fsp3) is 0.423. The fourth-order valence-corrected chi connectivity index (χ4v) is 4.56. The second-order valence-electron chi connectivity index (χ2n) is 9.51. The van der Waals surface area contributed by atoms with Gasteiger partial charge in [-0.1, -0.05) is 13.8 Å². The van der Waals surface area contributed by atoms with Gasteiger partial charge in [0.25, 0.3) is 5.91 Å². The van der Waals surface area contributed by atoms with Crippen LogP contribution in [0.5, 0.6) is 0 Å². The molecule has 7 heteroatoms. The van der Waals surface area contributed by atoms with Crippen molar-refractivity contribution in [2.75, 3.05) is 30.4 Å². The molecule has 1 aliphatic heterocycles. The highest BCUT2D eigenvalue weighted by molar-refractivity contribution is 6.07. The third kappa shape index (κ3) is 4.08. The average Bonchev–Trinajstić information content (AvgIpc) is 3.47. The van der Waals surface area contributed by atoms with Gasteiger partial charge in [-0.2, -0.15) is 5.10 Å². The molecular formula is C26H31N5O2. The van der Waals surface area contributed by atoms with E-state index in [9.17, 15) is 9.59 Å². The van der Waals surface area contributed by atoms with Crippen molar-refractivity contribution in [2.24, 2.45) is 5.92 Å². The van der Waals surface area contributed by atoms with Crippen molar-refractivity contribution in [3.8, 4) is 5.69 Å². The summed E-state index contributed by atoms with van der Waals surface area (Å²) in [7, 11) is 1.64. The number of rotatable bonds is 7.